The quantitative estimate of drug-likeness (QED) is 0.650. The second kappa shape index (κ2) is 4.53. The summed E-state index contributed by atoms with van der Waals surface area (Å²) in [6.07, 6.45) is -2.00. The van der Waals surface area contributed by atoms with E-state index in [2.05, 4.69) is 36.4 Å². The van der Waals surface area contributed by atoms with Crippen LogP contribution in [0.3, 0.4) is 0 Å². The molecule has 2 rings (SSSR count). The molecule has 0 amide bonds. The van der Waals surface area contributed by atoms with Crippen molar-refractivity contribution < 1.29 is 13.2 Å². The predicted molar refractivity (Wildman–Crippen MR) is 59.7 cm³/mol. The van der Waals surface area contributed by atoms with Crippen LogP contribution in [-0.4, -0.2) is 19.7 Å². The monoisotopic (exact) mass is 322 g/mol. The van der Waals surface area contributed by atoms with Gasteiger partial charge in [-0.15, -0.1) is 0 Å². The van der Waals surface area contributed by atoms with Crippen LogP contribution in [0.1, 0.15) is 5.69 Å². The Hall–Kier alpha value is -1.68. The Morgan fingerprint density at radius 2 is 2.11 bits per heavy atom. The maximum Gasteiger partial charge on any atom is 0.435 e. The molecule has 0 aromatic carbocycles. The Labute approximate surface area is 107 Å². The summed E-state index contributed by atoms with van der Waals surface area (Å²) in [4.78, 5) is 7.68. The molecule has 2 aromatic heterocycles. The molecule has 18 heavy (non-hydrogen) atoms. The smallest absolute Gasteiger partial charge is 0.292 e. The normalized spacial score (nSPS) is 11.6. The van der Waals surface area contributed by atoms with Crippen LogP contribution < -0.4 is 11.3 Å². The van der Waals surface area contributed by atoms with Gasteiger partial charge in [0.15, 0.2) is 11.5 Å². The van der Waals surface area contributed by atoms with E-state index in [-0.39, 0.29) is 11.8 Å². The van der Waals surface area contributed by atoms with Gasteiger partial charge in [-0.2, -0.15) is 23.3 Å². The maximum atomic E-state index is 12.4. The first-order valence-electron chi connectivity index (χ1n) is 4.54. The van der Waals surface area contributed by atoms with Crippen molar-refractivity contribution >= 4 is 21.9 Å². The Kier molecular flexibility index (Phi) is 3.22. The van der Waals surface area contributed by atoms with Gasteiger partial charge >= 0.3 is 6.18 Å². The molecule has 0 saturated carbocycles. The zero-order valence-electron chi connectivity index (χ0n) is 8.61. The Bertz CT molecular complexity index is 566. The van der Waals surface area contributed by atoms with Gasteiger partial charge in [0.05, 0.1) is 4.47 Å². The molecule has 0 saturated heterocycles. The molecule has 0 aliphatic rings. The van der Waals surface area contributed by atoms with Crippen molar-refractivity contribution in [3.05, 3.63) is 28.6 Å². The summed E-state index contributed by atoms with van der Waals surface area (Å²) >= 11 is 3.12. The van der Waals surface area contributed by atoms with Crippen molar-refractivity contribution in [2.45, 2.75) is 6.18 Å². The fraction of sp³-hybridized carbons (Fsp3) is 0.125. The molecule has 2 aromatic rings. The summed E-state index contributed by atoms with van der Waals surface area (Å²) in [6.45, 7) is 0. The van der Waals surface area contributed by atoms with Crippen molar-refractivity contribution in [2.24, 2.45) is 5.84 Å². The zero-order chi connectivity index (χ0) is 13.3. The third-order valence-electron chi connectivity index (χ3n) is 1.95. The molecule has 96 valence electrons. The van der Waals surface area contributed by atoms with Crippen LogP contribution in [0, 0.1) is 0 Å². The summed E-state index contributed by atoms with van der Waals surface area (Å²) < 4.78 is 38.6. The maximum absolute atomic E-state index is 12.4. The number of halogens is 4. The number of hydrogen-bond acceptors (Lipinski definition) is 5. The number of nitrogen functional groups attached to an aromatic ring is 1. The molecule has 0 spiro atoms. The van der Waals surface area contributed by atoms with Gasteiger partial charge in [-0.25, -0.2) is 15.5 Å². The second-order valence-electron chi connectivity index (χ2n) is 3.15. The van der Waals surface area contributed by atoms with Gasteiger partial charge in [-0.3, -0.25) is 5.43 Å². The molecule has 0 bridgehead atoms. The van der Waals surface area contributed by atoms with Crippen LogP contribution in [0.4, 0.5) is 19.1 Å². The Morgan fingerprint density at radius 1 is 1.39 bits per heavy atom. The molecule has 0 fully saturated rings. The fourth-order valence-corrected chi connectivity index (χ4v) is 1.55. The largest absolute Gasteiger partial charge is 0.435 e. The minimum Gasteiger partial charge on any atom is -0.292 e. The van der Waals surface area contributed by atoms with E-state index < -0.39 is 11.9 Å². The number of rotatable bonds is 2. The summed E-state index contributed by atoms with van der Waals surface area (Å²) in [5.41, 5.74) is 1.19. The summed E-state index contributed by atoms with van der Waals surface area (Å²) in [5.74, 6) is 5.33. The van der Waals surface area contributed by atoms with Crippen LogP contribution >= 0.6 is 15.9 Å². The first kappa shape index (κ1) is 12.8. The molecule has 0 aliphatic carbocycles. The van der Waals surface area contributed by atoms with Crippen LogP contribution in [0.25, 0.3) is 5.82 Å². The summed E-state index contributed by atoms with van der Waals surface area (Å²) in [5, 5.41) is 3.39. The molecular weight excluding hydrogens is 317 g/mol. The van der Waals surface area contributed by atoms with Crippen LogP contribution in [0.15, 0.2) is 22.9 Å². The standard InChI is InChI=1S/C8H6BrF3N6/c9-4-3-14-7(16-13)15-6(4)18-2-1-5(17-18)8(10,11)12/h1-3H,13H2,(H,14,15,16). The number of aromatic nitrogens is 4. The third kappa shape index (κ3) is 2.43. The highest BCUT2D eigenvalue weighted by atomic mass is 79.9. The molecule has 3 N–H and O–H groups in total. The SMILES string of the molecule is NNc1ncc(Br)c(-n2ccc(C(F)(F)F)n2)n1. The van der Waals surface area contributed by atoms with Gasteiger partial charge < -0.3 is 0 Å². The van der Waals surface area contributed by atoms with Crippen LogP contribution in [0.5, 0.6) is 0 Å². The molecule has 0 unspecified atom stereocenters. The molecule has 0 radical (unpaired) electrons. The lowest BCUT2D eigenvalue weighted by atomic mass is 10.4. The fourth-order valence-electron chi connectivity index (χ4n) is 1.18. The van der Waals surface area contributed by atoms with E-state index in [0.717, 1.165) is 16.9 Å². The van der Waals surface area contributed by atoms with Crippen molar-refractivity contribution in [3.8, 4) is 5.82 Å². The number of nitrogens with two attached hydrogens (primary N) is 1. The number of nitrogens with one attached hydrogen (secondary N) is 1. The van der Waals surface area contributed by atoms with Gasteiger partial charge in [0.2, 0.25) is 5.95 Å². The van der Waals surface area contributed by atoms with E-state index in [0.29, 0.717) is 4.47 Å². The molecule has 0 aliphatic heterocycles. The van der Waals surface area contributed by atoms with E-state index in [1.165, 1.54) is 6.20 Å². The van der Waals surface area contributed by atoms with Gasteiger partial charge in [-0.1, -0.05) is 0 Å². The average molecular weight is 323 g/mol. The third-order valence-corrected chi connectivity index (χ3v) is 2.51. The highest BCUT2D eigenvalue weighted by Gasteiger charge is 2.33. The molecule has 0 atom stereocenters. The first-order valence-corrected chi connectivity index (χ1v) is 5.33. The van der Waals surface area contributed by atoms with E-state index in [1.54, 1.807) is 0 Å². The average Bonchev–Trinajstić information content (AvgIpc) is 2.78. The Morgan fingerprint density at radius 3 is 2.67 bits per heavy atom. The van der Waals surface area contributed by atoms with Gasteiger partial charge in [0, 0.05) is 12.4 Å². The van der Waals surface area contributed by atoms with Crippen LogP contribution in [0.2, 0.25) is 0 Å². The molecular formula is C8H6BrF3N6. The molecule has 2 heterocycles. The zero-order valence-corrected chi connectivity index (χ0v) is 10.2. The molecule has 6 nitrogen and oxygen atoms in total. The predicted octanol–water partition coefficient (Wildman–Crippen LogP) is 1.73. The summed E-state index contributed by atoms with van der Waals surface area (Å²) in [6, 6.07) is 0.851. The number of alkyl halides is 3. The first-order chi connectivity index (χ1) is 8.41. The van der Waals surface area contributed by atoms with E-state index in [4.69, 9.17) is 5.84 Å². The second-order valence-corrected chi connectivity index (χ2v) is 4.01. The van der Waals surface area contributed by atoms with Crippen molar-refractivity contribution in [2.75, 3.05) is 5.43 Å². The lowest BCUT2D eigenvalue weighted by Crippen LogP contribution is -2.13. The van der Waals surface area contributed by atoms with Crippen molar-refractivity contribution in [1.29, 1.82) is 0 Å². The minimum atomic E-state index is -4.50. The van der Waals surface area contributed by atoms with E-state index >= 15 is 0 Å². The van der Waals surface area contributed by atoms with E-state index in [9.17, 15) is 13.2 Å². The van der Waals surface area contributed by atoms with Crippen LogP contribution in [-0.2, 0) is 6.18 Å². The minimum absolute atomic E-state index is 0.0669. The van der Waals surface area contributed by atoms with Gasteiger partial charge in [-0.05, 0) is 22.0 Å². The molecule has 10 heteroatoms. The van der Waals surface area contributed by atoms with Crippen molar-refractivity contribution in [3.63, 3.8) is 0 Å². The highest BCUT2D eigenvalue weighted by molar-refractivity contribution is 9.10. The lowest BCUT2D eigenvalue weighted by molar-refractivity contribution is -0.141. The van der Waals surface area contributed by atoms with Crippen molar-refractivity contribution in [1.82, 2.24) is 19.7 Å². The topological polar surface area (TPSA) is 81.6 Å². The Balaban J connectivity index is 2.45. The highest BCUT2D eigenvalue weighted by Crippen LogP contribution is 2.28. The number of hydrogen-bond donors (Lipinski definition) is 2. The number of hydrazine groups is 1. The summed E-state index contributed by atoms with van der Waals surface area (Å²) in [7, 11) is 0. The van der Waals surface area contributed by atoms with Gasteiger partial charge in [0.1, 0.15) is 0 Å². The van der Waals surface area contributed by atoms with E-state index in [1.807, 2.05) is 0 Å². The van der Waals surface area contributed by atoms with Gasteiger partial charge in [0.25, 0.3) is 0 Å². The number of nitrogens with zero attached hydrogens (tertiary/aromatic N) is 4. The lowest BCUT2D eigenvalue weighted by Gasteiger charge is -2.05. The number of anilines is 1.